The number of alkyl carbamates (subject to hydrolysis) is 1. The first-order chi connectivity index (χ1) is 10.5. The number of nitrogens with one attached hydrogen (secondary N) is 2. The largest absolute Gasteiger partial charge is 0.444 e. The van der Waals surface area contributed by atoms with Crippen LogP contribution in [0.3, 0.4) is 0 Å². The molecule has 118 valence electrons. The first kappa shape index (κ1) is 16.4. The molecular formula is C18H24N2O2. The van der Waals surface area contributed by atoms with Crippen molar-refractivity contribution in [3.05, 3.63) is 34.9 Å². The fourth-order valence-electron chi connectivity index (χ4n) is 2.35. The predicted octanol–water partition coefficient (Wildman–Crippen LogP) is 2.60. The molecule has 2 N–H and O–H groups in total. The van der Waals surface area contributed by atoms with Crippen LogP contribution in [-0.2, 0) is 17.7 Å². The molecule has 22 heavy (non-hydrogen) atoms. The molecule has 0 fully saturated rings. The van der Waals surface area contributed by atoms with Crippen molar-refractivity contribution in [1.82, 2.24) is 10.6 Å². The summed E-state index contributed by atoms with van der Waals surface area (Å²) in [4.78, 5) is 11.5. The van der Waals surface area contributed by atoms with Crippen molar-refractivity contribution in [1.29, 1.82) is 0 Å². The number of carbonyl (C=O) groups is 1. The van der Waals surface area contributed by atoms with Gasteiger partial charge in [-0.2, -0.15) is 0 Å². The smallest absolute Gasteiger partial charge is 0.407 e. The zero-order chi connectivity index (χ0) is 16.0. The third-order valence-corrected chi connectivity index (χ3v) is 3.28. The minimum absolute atomic E-state index is 0.391. The van der Waals surface area contributed by atoms with Crippen LogP contribution in [0, 0.1) is 11.8 Å². The second kappa shape index (κ2) is 7.33. The van der Waals surface area contributed by atoms with Crippen LogP contribution in [0.1, 0.15) is 43.9 Å². The average Bonchev–Trinajstić information content (AvgIpc) is 2.45. The lowest BCUT2D eigenvalue weighted by Crippen LogP contribution is -2.32. The maximum atomic E-state index is 11.5. The molecule has 0 bridgehead atoms. The fraction of sp³-hybridized carbons (Fsp3) is 0.500. The van der Waals surface area contributed by atoms with Crippen LogP contribution in [0.4, 0.5) is 4.79 Å². The highest BCUT2D eigenvalue weighted by molar-refractivity contribution is 5.67. The number of rotatable bonds is 2. The maximum Gasteiger partial charge on any atom is 0.407 e. The van der Waals surface area contributed by atoms with Crippen molar-refractivity contribution in [2.75, 3.05) is 13.1 Å². The molecule has 1 aliphatic rings. The fourth-order valence-corrected chi connectivity index (χ4v) is 2.35. The van der Waals surface area contributed by atoms with Gasteiger partial charge in [0.2, 0.25) is 0 Å². The van der Waals surface area contributed by atoms with Gasteiger partial charge in [-0.25, -0.2) is 4.79 Å². The minimum Gasteiger partial charge on any atom is -0.444 e. The van der Waals surface area contributed by atoms with Gasteiger partial charge in [0, 0.05) is 25.1 Å². The predicted molar refractivity (Wildman–Crippen MR) is 87.6 cm³/mol. The molecule has 0 aromatic heterocycles. The van der Waals surface area contributed by atoms with E-state index in [1.54, 1.807) is 0 Å². The quantitative estimate of drug-likeness (QED) is 0.652. The van der Waals surface area contributed by atoms with E-state index in [2.05, 4.69) is 40.7 Å². The number of fused-ring (bicyclic) bond motifs is 1. The molecule has 1 aromatic carbocycles. The third kappa shape index (κ3) is 5.09. The van der Waals surface area contributed by atoms with Gasteiger partial charge in [-0.3, -0.25) is 0 Å². The SMILES string of the molecule is CC(C)(C)OC(=O)NCCC#Cc1cccc2c1CCNC2. The lowest BCUT2D eigenvalue weighted by atomic mass is 9.96. The highest BCUT2D eigenvalue weighted by Gasteiger charge is 2.15. The van der Waals surface area contributed by atoms with Gasteiger partial charge in [-0.05, 0) is 50.9 Å². The highest BCUT2D eigenvalue weighted by atomic mass is 16.6. The molecule has 0 unspecified atom stereocenters. The van der Waals surface area contributed by atoms with Gasteiger partial charge >= 0.3 is 6.09 Å². The lowest BCUT2D eigenvalue weighted by Gasteiger charge is -2.19. The average molecular weight is 300 g/mol. The second-order valence-corrected chi connectivity index (χ2v) is 6.35. The van der Waals surface area contributed by atoms with Gasteiger partial charge in [0.25, 0.3) is 0 Å². The Hall–Kier alpha value is -1.99. The third-order valence-electron chi connectivity index (χ3n) is 3.28. The van der Waals surface area contributed by atoms with E-state index in [1.807, 2.05) is 20.8 Å². The molecule has 2 rings (SSSR count). The molecule has 0 spiro atoms. The summed E-state index contributed by atoms with van der Waals surface area (Å²) in [7, 11) is 0. The van der Waals surface area contributed by atoms with Crippen LogP contribution < -0.4 is 10.6 Å². The highest BCUT2D eigenvalue weighted by Crippen LogP contribution is 2.17. The zero-order valence-corrected chi connectivity index (χ0v) is 13.6. The molecule has 0 saturated heterocycles. The molecule has 4 heteroatoms. The lowest BCUT2D eigenvalue weighted by molar-refractivity contribution is 0.0529. The molecule has 1 aromatic rings. The first-order valence-electron chi connectivity index (χ1n) is 7.73. The van der Waals surface area contributed by atoms with Crippen LogP contribution in [-0.4, -0.2) is 24.8 Å². The van der Waals surface area contributed by atoms with E-state index in [0.29, 0.717) is 13.0 Å². The van der Waals surface area contributed by atoms with Crippen molar-refractivity contribution in [2.45, 2.75) is 45.8 Å². The Morgan fingerprint density at radius 3 is 3.00 bits per heavy atom. The summed E-state index contributed by atoms with van der Waals surface area (Å²) in [6, 6.07) is 6.27. The van der Waals surface area contributed by atoms with E-state index in [-0.39, 0.29) is 0 Å². The van der Waals surface area contributed by atoms with E-state index in [9.17, 15) is 4.79 Å². The number of amides is 1. The Morgan fingerprint density at radius 1 is 1.41 bits per heavy atom. The number of hydrogen-bond acceptors (Lipinski definition) is 3. The van der Waals surface area contributed by atoms with Crippen LogP contribution >= 0.6 is 0 Å². The van der Waals surface area contributed by atoms with Gasteiger partial charge in [0.1, 0.15) is 5.60 Å². The van der Waals surface area contributed by atoms with E-state index < -0.39 is 11.7 Å². The Labute approximate surface area is 132 Å². The van der Waals surface area contributed by atoms with E-state index >= 15 is 0 Å². The Kier molecular flexibility index (Phi) is 5.46. The van der Waals surface area contributed by atoms with Gasteiger partial charge in [-0.1, -0.05) is 24.0 Å². The number of ether oxygens (including phenoxy) is 1. The topological polar surface area (TPSA) is 50.4 Å². The van der Waals surface area contributed by atoms with Crippen LogP contribution in [0.2, 0.25) is 0 Å². The molecule has 1 heterocycles. The van der Waals surface area contributed by atoms with Crippen LogP contribution in [0.5, 0.6) is 0 Å². The van der Waals surface area contributed by atoms with Crippen molar-refractivity contribution < 1.29 is 9.53 Å². The number of hydrogen-bond donors (Lipinski definition) is 2. The molecule has 0 atom stereocenters. The van der Waals surface area contributed by atoms with Crippen molar-refractivity contribution in [3.8, 4) is 11.8 Å². The summed E-state index contributed by atoms with van der Waals surface area (Å²) in [5.41, 5.74) is 3.34. The normalized spacial score (nSPS) is 13.6. The summed E-state index contributed by atoms with van der Waals surface area (Å²) in [5, 5.41) is 6.08. The Morgan fingerprint density at radius 2 is 2.23 bits per heavy atom. The Balaban J connectivity index is 1.84. The van der Waals surface area contributed by atoms with Crippen molar-refractivity contribution in [3.63, 3.8) is 0 Å². The zero-order valence-electron chi connectivity index (χ0n) is 13.6. The van der Waals surface area contributed by atoms with E-state index in [4.69, 9.17) is 4.74 Å². The second-order valence-electron chi connectivity index (χ2n) is 6.35. The van der Waals surface area contributed by atoms with Gasteiger partial charge in [0.15, 0.2) is 0 Å². The molecule has 1 aliphatic heterocycles. The first-order valence-corrected chi connectivity index (χ1v) is 7.73. The van der Waals surface area contributed by atoms with Crippen molar-refractivity contribution in [2.24, 2.45) is 0 Å². The summed E-state index contributed by atoms with van der Waals surface area (Å²) >= 11 is 0. The van der Waals surface area contributed by atoms with Crippen molar-refractivity contribution >= 4 is 6.09 Å². The molecule has 0 saturated carbocycles. The maximum absolute atomic E-state index is 11.5. The van der Waals surface area contributed by atoms with Gasteiger partial charge in [-0.15, -0.1) is 0 Å². The number of carbonyl (C=O) groups excluding carboxylic acids is 1. The molecule has 1 amide bonds. The summed E-state index contributed by atoms with van der Waals surface area (Å²) < 4.78 is 5.17. The standard InChI is InChI=1S/C18H24N2O2/c1-18(2,3)22-17(21)20-11-5-4-7-14-8-6-9-15-13-19-12-10-16(14)15/h6,8-9,19H,5,10-13H2,1-3H3,(H,20,21). The van der Waals surface area contributed by atoms with Gasteiger partial charge in [0.05, 0.1) is 0 Å². The monoisotopic (exact) mass is 300 g/mol. The molecule has 0 radical (unpaired) electrons. The van der Waals surface area contributed by atoms with E-state index in [0.717, 1.165) is 25.1 Å². The number of benzene rings is 1. The van der Waals surface area contributed by atoms with Crippen LogP contribution in [0.25, 0.3) is 0 Å². The summed E-state index contributed by atoms with van der Waals surface area (Å²) in [6.45, 7) is 7.97. The molecular weight excluding hydrogens is 276 g/mol. The Bertz CT molecular complexity index is 591. The minimum atomic E-state index is -0.465. The molecule has 0 aliphatic carbocycles. The van der Waals surface area contributed by atoms with Gasteiger partial charge < -0.3 is 15.4 Å². The summed E-state index contributed by atoms with van der Waals surface area (Å²) in [5.74, 6) is 6.35. The van der Waals surface area contributed by atoms with E-state index in [1.165, 1.54) is 11.1 Å². The summed E-state index contributed by atoms with van der Waals surface area (Å²) in [6.07, 6.45) is 1.25. The molecule has 4 nitrogen and oxygen atoms in total. The van der Waals surface area contributed by atoms with Crippen LogP contribution in [0.15, 0.2) is 18.2 Å².